The monoisotopic (exact) mass is 575 g/mol. The molecule has 4 aromatic rings. The third kappa shape index (κ3) is 5.49. The molecule has 38 heavy (non-hydrogen) atoms. The number of likely N-dealkylation sites (tertiary alicyclic amines) is 1. The van der Waals surface area contributed by atoms with Crippen molar-refractivity contribution in [2.24, 2.45) is 10.2 Å². The van der Waals surface area contributed by atoms with Crippen molar-refractivity contribution in [2.45, 2.75) is 45.8 Å². The number of fused-ring (bicyclic) bond motifs is 1. The van der Waals surface area contributed by atoms with E-state index >= 15 is 0 Å². The first-order valence-electron chi connectivity index (χ1n) is 12.7. The average molecular weight is 576 g/mol. The maximum atomic E-state index is 12.5. The maximum absolute atomic E-state index is 12.5. The molecule has 0 saturated carbocycles. The lowest BCUT2D eigenvalue weighted by atomic mass is 9.97. The van der Waals surface area contributed by atoms with E-state index in [1.54, 1.807) is 6.20 Å². The highest BCUT2D eigenvalue weighted by molar-refractivity contribution is 9.10. The number of hydrogen-bond acceptors (Lipinski definition) is 6. The fourth-order valence-electron chi connectivity index (χ4n) is 4.98. The first-order valence-corrected chi connectivity index (χ1v) is 13.5. The van der Waals surface area contributed by atoms with Crippen LogP contribution in [0.3, 0.4) is 0 Å². The highest BCUT2D eigenvalue weighted by Crippen LogP contribution is 2.41. The summed E-state index contributed by atoms with van der Waals surface area (Å²) in [4.78, 5) is 19.2. The van der Waals surface area contributed by atoms with Gasteiger partial charge in [0.2, 0.25) is 5.88 Å². The van der Waals surface area contributed by atoms with Gasteiger partial charge in [-0.25, -0.2) is 0 Å². The molecule has 2 aromatic heterocycles. The predicted octanol–water partition coefficient (Wildman–Crippen LogP) is 7.00. The number of nitrogens with zero attached hydrogens (tertiary/aromatic N) is 5. The number of aryl methyl sites for hydroxylation is 1. The molecule has 1 aliphatic rings. The van der Waals surface area contributed by atoms with E-state index in [0.717, 1.165) is 46.9 Å². The van der Waals surface area contributed by atoms with Gasteiger partial charge in [-0.05, 0) is 73.7 Å². The Kier molecular flexibility index (Phi) is 7.85. The lowest BCUT2D eigenvalue weighted by molar-refractivity contribution is -0.120. The van der Waals surface area contributed by atoms with E-state index in [1.807, 2.05) is 67.1 Å². The summed E-state index contributed by atoms with van der Waals surface area (Å²) in [6, 6.07) is 15.7. The molecule has 5 rings (SSSR count). The Morgan fingerprint density at radius 1 is 1.18 bits per heavy atom. The van der Waals surface area contributed by atoms with Crippen LogP contribution >= 0.6 is 15.9 Å². The minimum absolute atomic E-state index is 0.0272. The van der Waals surface area contributed by atoms with Gasteiger partial charge in [0.25, 0.3) is 0 Å². The van der Waals surface area contributed by atoms with Gasteiger partial charge in [0, 0.05) is 34.8 Å². The molecule has 9 heteroatoms. The number of aromatic nitrogens is 2. The lowest BCUT2D eigenvalue weighted by Crippen LogP contribution is -2.34. The number of pyridine rings is 1. The highest BCUT2D eigenvalue weighted by Gasteiger charge is 2.27. The number of hydrogen-bond donors (Lipinski definition) is 1. The van der Waals surface area contributed by atoms with E-state index in [9.17, 15) is 9.90 Å². The van der Waals surface area contributed by atoms with Crippen molar-refractivity contribution in [2.75, 3.05) is 13.2 Å². The number of ether oxygens (including phenoxy) is 1. The Bertz CT molecular complexity index is 1480. The molecule has 2 aromatic carbocycles. The molecule has 1 N–H and O–H groups in total. The predicted molar refractivity (Wildman–Crippen MR) is 150 cm³/mol. The van der Waals surface area contributed by atoms with E-state index in [-0.39, 0.29) is 24.2 Å². The van der Waals surface area contributed by atoms with E-state index in [1.165, 1.54) is 5.56 Å². The molecule has 0 radical (unpaired) electrons. The summed E-state index contributed by atoms with van der Waals surface area (Å²) in [7, 11) is 0. The van der Waals surface area contributed by atoms with Crippen LogP contribution in [0, 0.1) is 13.8 Å². The van der Waals surface area contributed by atoms with Gasteiger partial charge in [0.05, 0.1) is 12.2 Å². The molecule has 8 nitrogen and oxygen atoms in total. The third-order valence-electron chi connectivity index (χ3n) is 7.15. The number of halogens is 1. The second kappa shape index (κ2) is 11.4. The average Bonchev–Trinajstić information content (AvgIpc) is 3.18. The molecule has 196 valence electrons. The van der Waals surface area contributed by atoms with Crippen LogP contribution in [-0.2, 0) is 11.5 Å². The summed E-state index contributed by atoms with van der Waals surface area (Å²) in [6.45, 7) is 5.08. The Morgan fingerprint density at radius 3 is 2.87 bits per heavy atom. The van der Waals surface area contributed by atoms with Crippen molar-refractivity contribution in [1.29, 1.82) is 0 Å². The molecule has 1 aliphatic heterocycles. The summed E-state index contributed by atoms with van der Waals surface area (Å²) in [5, 5.41) is 20.1. The summed E-state index contributed by atoms with van der Waals surface area (Å²) in [6.07, 6.45) is 6.96. The zero-order valence-corrected chi connectivity index (χ0v) is 23.1. The largest absolute Gasteiger partial charge is 0.493 e. The van der Waals surface area contributed by atoms with Crippen molar-refractivity contribution in [1.82, 2.24) is 14.5 Å². The molecule has 3 heterocycles. The Labute approximate surface area is 230 Å². The highest BCUT2D eigenvalue weighted by atomic mass is 79.9. The number of azo groups is 1. The second-order valence-electron chi connectivity index (χ2n) is 9.59. The fraction of sp³-hybridized carbons (Fsp3) is 0.310. The SMILES string of the molecule is Cc1cccc(OCC(=O)N=Nc2c(O)n(CN3CCCC[C@@H]3c3cccnc3)c3ccc(Br)cc23)c1C. The number of carbonyl (C=O) groups is 1. The van der Waals surface area contributed by atoms with E-state index in [2.05, 4.69) is 42.1 Å². The zero-order valence-electron chi connectivity index (χ0n) is 21.5. The normalized spacial score (nSPS) is 16.3. The van der Waals surface area contributed by atoms with Crippen molar-refractivity contribution in [3.63, 3.8) is 0 Å². The van der Waals surface area contributed by atoms with Crippen LogP contribution in [-0.4, -0.2) is 38.6 Å². The topological polar surface area (TPSA) is 92.3 Å². The van der Waals surface area contributed by atoms with Gasteiger partial charge in [-0.3, -0.25) is 19.2 Å². The van der Waals surface area contributed by atoms with E-state index in [4.69, 9.17) is 4.74 Å². The minimum atomic E-state index is -0.533. The van der Waals surface area contributed by atoms with Crippen LogP contribution in [0.5, 0.6) is 11.6 Å². The molecular formula is C29H30BrN5O3. The zero-order chi connectivity index (χ0) is 26.6. The van der Waals surface area contributed by atoms with Crippen LogP contribution in [0.15, 0.2) is 75.6 Å². The van der Waals surface area contributed by atoms with Gasteiger partial charge in [-0.15, -0.1) is 10.2 Å². The first-order chi connectivity index (χ1) is 18.4. The Balaban J connectivity index is 1.40. The molecule has 0 spiro atoms. The summed E-state index contributed by atoms with van der Waals surface area (Å²) < 4.78 is 8.35. The van der Waals surface area contributed by atoms with Gasteiger partial charge >= 0.3 is 5.91 Å². The van der Waals surface area contributed by atoms with E-state index in [0.29, 0.717) is 17.8 Å². The molecule has 1 amide bonds. The van der Waals surface area contributed by atoms with Gasteiger partial charge in [-0.1, -0.05) is 40.5 Å². The molecule has 0 bridgehead atoms. The lowest BCUT2D eigenvalue weighted by Gasteiger charge is -2.36. The van der Waals surface area contributed by atoms with Crippen LogP contribution in [0.1, 0.15) is 42.0 Å². The molecule has 1 fully saturated rings. The minimum Gasteiger partial charge on any atom is -0.493 e. The van der Waals surface area contributed by atoms with Crippen molar-refractivity contribution < 1.29 is 14.6 Å². The second-order valence-corrected chi connectivity index (χ2v) is 10.5. The van der Waals surface area contributed by atoms with Gasteiger partial charge < -0.3 is 9.84 Å². The van der Waals surface area contributed by atoms with E-state index < -0.39 is 5.91 Å². The summed E-state index contributed by atoms with van der Waals surface area (Å²) in [5.41, 5.74) is 4.30. The maximum Gasteiger partial charge on any atom is 0.302 e. The van der Waals surface area contributed by atoms with Gasteiger partial charge in [0.15, 0.2) is 12.3 Å². The molecule has 0 aliphatic carbocycles. The van der Waals surface area contributed by atoms with Gasteiger partial charge in [-0.2, -0.15) is 0 Å². The van der Waals surface area contributed by atoms with Crippen LogP contribution in [0.4, 0.5) is 5.69 Å². The molecule has 1 saturated heterocycles. The Morgan fingerprint density at radius 2 is 2.05 bits per heavy atom. The molecule has 0 unspecified atom stereocenters. The number of aromatic hydroxyl groups is 1. The number of piperidine rings is 1. The van der Waals surface area contributed by atoms with Crippen molar-refractivity contribution in [3.8, 4) is 11.6 Å². The number of carbonyl (C=O) groups excluding carboxylic acids is 1. The molecular weight excluding hydrogens is 546 g/mol. The standard InChI is InChI=1S/C29H30BrN5O3/c1-19-7-5-10-26(20(19)2)38-17-27(36)32-33-28-23-15-22(30)11-12-25(23)35(29(28)37)18-34-14-4-3-9-24(34)21-8-6-13-31-16-21/h5-8,10-13,15-16,24,37H,3-4,9,14,17-18H2,1-2H3/t24-/m1/s1. The van der Waals surface area contributed by atoms with Gasteiger partial charge in [0.1, 0.15) is 5.75 Å². The quantitative estimate of drug-likeness (QED) is 0.239. The summed E-state index contributed by atoms with van der Waals surface area (Å²) >= 11 is 3.51. The van der Waals surface area contributed by atoms with Crippen molar-refractivity contribution >= 4 is 38.4 Å². The third-order valence-corrected chi connectivity index (χ3v) is 7.64. The summed E-state index contributed by atoms with van der Waals surface area (Å²) in [5.74, 6) is 0.0797. The molecule has 1 atom stereocenters. The fourth-order valence-corrected chi connectivity index (χ4v) is 5.35. The number of rotatable bonds is 7. The van der Waals surface area contributed by atoms with Crippen LogP contribution < -0.4 is 4.74 Å². The number of benzene rings is 2. The van der Waals surface area contributed by atoms with Crippen molar-refractivity contribution in [3.05, 3.63) is 82.1 Å². The smallest absolute Gasteiger partial charge is 0.302 e. The van der Waals surface area contributed by atoms with Crippen LogP contribution in [0.25, 0.3) is 10.9 Å². The Hall–Kier alpha value is -3.56. The first kappa shape index (κ1) is 26.1. The number of amides is 1. The van der Waals surface area contributed by atoms with Crippen LogP contribution in [0.2, 0.25) is 0 Å².